The molecule has 0 radical (unpaired) electrons. The summed E-state index contributed by atoms with van der Waals surface area (Å²) in [7, 11) is 0. The van der Waals surface area contributed by atoms with Gasteiger partial charge in [-0.15, -0.1) is 0 Å². The van der Waals surface area contributed by atoms with Crippen molar-refractivity contribution in [1.82, 2.24) is 10.2 Å². The van der Waals surface area contributed by atoms with Crippen LogP contribution in [0, 0.1) is 11.8 Å². The van der Waals surface area contributed by atoms with Crippen LogP contribution in [0.25, 0.3) is 0 Å². The molecule has 0 spiro atoms. The topological polar surface area (TPSA) is 15.3 Å². The Morgan fingerprint density at radius 2 is 1.74 bits per heavy atom. The molecule has 0 heterocycles. The fourth-order valence-corrected chi connectivity index (χ4v) is 3.88. The highest BCUT2D eigenvalue weighted by molar-refractivity contribution is 4.92. The van der Waals surface area contributed by atoms with Crippen molar-refractivity contribution in [3.63, 3.8) is 0 Å². The number of likely N-dealkylation sites (N-methyl/N-ethyl adjacent to an activating group) is 1. The zero-order valence-corrected chi connectivity index (χ0v) is 12.7. The van der Waals surface area contributed by atoms with Crippen molar-refractivity contribution in [2.75, 3.05) is 19.6 Å². The van der Waals surface area contributed by atoms with Gasteiger partial charge in [0.2, 0.25) is 0 Å². The molecule has 1 atom stereocenters. The molecule has 0 amide bonds. The summed E-state index contributed by atoms with van der Waals surface area (Å²) < 4.78 is 0. The van der Waals surface area contributed by atoms with E-state index in [0.717, 1.165) is 30.5 Å². The summed E-state index contributed by atoms with van der Waals surface area (Å²) >= 11 is 0. The molecule has 0 aromatic rings. The van der Waals surface area contributed by atoms with Crippen LogP contribution < -0.4 is 5.32 Å². The Labute approximate surface area is 119 Å². The Morgan fingerprint density at radius 3 is 2.32 bits per heavy atom. The summed E-state index contributed by atoms with van der Waals surface area (Å²) in [5.74, 6) is 2.00. The predicted octanol–water partition coefficient (Wildman–Crippen LogP) is 3.42. The van der Waals surface area contributed by atoms with Gasteiger partial charge in [0.05, 0.1) is 0 Å². The first-order valence-electron chi connectivity index (χ1n) is 8.84. The lowest BCUT2D eigenvalue weighted by Gasteiger charge is -2.35. The molecule has 3 aliphatic carbocycles. The summed E-state index contributed by atoms with van der Waals surface area (Å²) in [6.45, 7) is 6.15. The maximum atomic E-state index is 3.82. The molecule has 3 saturated carbocycles. The summed E-state index contributed by atoms with van der Waals surface area (Å²) in [6, 6.07) is 1.72. The molecule has 0 aromatic carbocycles. The van der Waals surface area contributed by atoms with Crippen LogP contribution in [0.2, 0.25) is 0 Å². The van der Waals surface area contributed by atoms with Crippen LogP contribution in [-0.2, 0) is 0 Å². The third kappa shape index (κ3) is 4.19. The minimum atomic E-state index is 0.768. The SMILES string of the molecule is CCNC(CN(CC1CC1)C1CC1)C1CCCCC1. The molecule has 2 heteroatoms. The van der Waals surface area contributed by atoms with E-state index >= 15 is 0 Å². The van der Waals surface area contributed by atoms with Crippen LogP contribution in [0.5, 0.6) is 0 Å². The van der Waals surface area contributed by atoms with E-state index < -0.39 is 0 Å². The van der Waals surface area contributed by atoms with Gasteiger partial charge in [0, 0.05) is 25.2 Å². The summed E-state index contributed by atoms with van der Waals surface area (Å²) in [5.41, 5.74) is 0. The molecule has 3 aliphatic rings. The molecule has 0 aromatic heterocycles. The predicted molar refractivity (Wildman–Crippen MR) is 81.4 cm³/mol. The number of hydrogen-bond donors (Lipinski definition) is 1. The summed E-state index contributed by atoms with van der Waals surface area (Å²) in [5, 5.41) is 3.82. The quantitative estimate of drug-likeness (QED) is 0.722. The van der Waals surface area contributed by atoms with Gasteiger partial charge in [0.1, 0.15) is 0 Å². The van der Waals surface area contributed by atoms with Crippen molar-refractivity contribution in [2.24, 2.45) is 11.8 Å². The first kappa shape index (κ1) is 13.9. The Hall–Kier alpha value is -0.0800. The monoisotopic (exact) mass is 264 g/mol. The third-order valence-corrected chi connectivity index (χ3v) is 5.37. The average molecular weight is 264 g/mol. The molecule has 2 nitrogen and oxygen atoms in total. The minimum absolute atomic E-state index is 0.768. The lowest BCUT2D eigenvalue weighted by atomic mass is 9.83. The second-order valence-corrected chi connectivity index (χ2v) is 7.19. The third-order valence-electron chi connectivity index (χ3n) is 5.37. The first-order chi connectivity index (χ1) is 9.36. The lowest BCUT2D eigenvalue weighted by Crippen LogP contribution is -2.47. The van der Waals surface area contributed by atoms with Gasteiger partial charge in [-0.1, -0.05) is 26.2 Å². The van der Waals surface area contributed by atoms with E-state index in [1.54, 1.807) is 0 Å². The highest BCUT2D eigenvalue weighted by Gasteiger charge is 2.36. The Kier molecular flexibility index (Phi) is 4.81. The highest BCUT2D eigenvalue weighted by Crippen LogP contribution is 2.36. The standard InChI is InChI=1S/C17H32N2/c1-2-18-17(15-6-4-3-5-7-15)13-19(16-10-11-16)12-14-8-9-14/h14-18H,2-13H2,1H3. The van der Waals surface area contributed by atoms with E-state index in [1.165, 1.54) is 70.9 Å². The van der Waals surface area contributed by atoms with Crippen molar-refractivity contribution in [3.8, 4) is 0 Å². The van der Waals surface area contributed by atoms with Crippen LogP contribution in [0.4, 0.5) is 0 Å². The van der Waals surface area contributed by atoms with Gasteiger partial charge in [0.25, 0.3) is 0 Å². The van der Waals surface area contributed by atoms with E-state index in [-0.39, 0.29) is 0 Å². The second kappa shape index (κ2) is 6.58. The number of nitrogens with zero attached hydrogens (tertiary/aromatic N) is 1. The van der Waals surface area contributed by atoms with Crippen LogP contribution in [0.3, 0.4) is 0 Å². The fourth-order valence-electron chi connectivity index (χ4n) is 3.88. The van der Waals surface area contributed by atoms with Crippen molar-refractivity contribution in [1.29, 1.82) is 0 Å². The van der Waals surface area contributed by atoms with Gasteiger partial charge in [-0.25, -0.2) is 0 Å². The van der Waals surface area contributed by atoms with Gasteiger partial charge < -0.3 is 5.32 Å². The maximum Gasteiger partial charge on any atom is 0.0223 e. The maximum absolute atomic E-state index is 3.82. The molecule has 1 N–H and O–H groups in total. The van der Waals surface area contributed by atoms with Crippen molar-refractivity contribution < 1.29 is 0 Å². The molecule has 19 heavy (non-hydrogen) atoms. The van der Waals surface area contributed by atoms with Crippen molar-refractivity contribution >= 4 is 0 Å². The molecule has 3 fully saturated rings. The first-order valence-corrected chi connectivity index (χ1v) is 8.84. The van der Waals surface area contributed by atoms with E-state index in [4.69, 9.17) is 0 Å². The lowest BCUT2D eigenvalue weighted by molar-refractivity contribution is 0.173. The van der Waals surface area contributed by atoms with Crippen LogP contribution in [0.15, 0.2) is 0 Å². The van der Waals surface area contributed by atoms with Crippen LogP contribution >= 0.6 is 0 Å². The average Bonchev–Trinajstić information content (AvgIpc) is 3.30. The highest BCUT2D eigenvalue weighted by atomic mass is 15.2. The molecule has 0 bridgehead atoms. The van der Waals surface area contributed by atoms with Crippen LogP contribution in [-0.4, -0.2) is 36.6 Å². The number of hydrogen-bond acceptors (Lipinski definition) is 2. The molecular weight excluding hydrogens is 232 g/mol. The summed E-state index contributed by atoms with van der Waals surface area (Å²) in [6.07, 6.45) is 13.3. The molecule has 0 aliphatic heterocycles. The van der Waals surface area contributed by atoms with Gasteiger partial charge in [-0.3, -0.25) is 4.90 Å². The molecular formula is C17H32N2. The Balaban J connectivity index is 1.54. The van der Waals surface area contributed by atoms with Crippen molar-refractivity contribution in [3.05, 3.63) is 0 Å². The van der Waals surface area contributed by atoms with Gasteiger partial charge >= 0.3 is 0 Å². The van der Waals surface area contributed by atoms with Gasteiger partial charge in [-0.05, 0) is 56.9 Å². The van der Waals surface area contributed by atoms with E-state index in [9.17, 15) is 0 Å². The van der Waals surface area contributed by atoms with Gasteiger partial charge in [-0.2, -0.15) is 0 Å². The smallest absolute Gasteiger partial charge is 0.0223 e. The summed E-state index contributed by atoms with van der Waals surface area (Å²) in [4.78, 5) is 2.85. The van der Waals surface area contributed by atoms with E-state index in [0.29, 0.717) is 0 Å². The largest absolute Gasteiger partial charge is 0.313 e. The Bertz CT molecular complexity index is 264. The van der Waals surface area contributed by atoms with Gasteiger partial charge in [0.15, 0.2) is 0 Å². The van der Waals surface area contributed by atoms with E-state index in [2.05, 4.69) is 17.1 Å². The Morgan fingerprint density at radius 1 is 1.00 bits per heavy atom. The molecule has 110 valence electrons. The zero-order valence-electron chi connectivity index (χ0n) is 12.7. The van der Waals surface area contributed by atoms with Crippen molar-refractivity contribution in [2.45, 2.75) is 76.8 Å². The molecule has 1 unspecified atom stereocenters. The number of rotatable bonds is 8. The zero-order chi connectivity index (χ0) is 13.1. The van der Waals surface area contributed by atoms with Crippen LogP contribution in [0.1, 0.15) is 64.7 Å². The normalized spacial score (nSPS) is 26.8. The molecule has 3 rings (SSSR count). The minimum Gasteiger partial charge on any atom is -0.313 e. The number of nitrogens with one attached hydrogen (secondary N) is 1. The molecule has 0 saturated heterocycles. The van der Waals surface area contributed by atoms with E-state index in [1.807, 2.05) is 0 Å². The fraction of sp³-hybridized carbons (Fsp3) is 1.00. The second-order valence-electron chi connectivity index (χ2n) is 7.19.